The minimum Gasteiger partial charge on any atom is -0.349 e. The lowest BCUT2D eigenvalue weighted by atomic mass is 9.89. The van der Waals surface area contributed by atoms with Crippen LogP contribution in [-0.2, 0) is 0 Å². The number of hydrogen-bond acceptors (Lipinski definition) is 2. The lowest BCUT2D eigenvalue weighted by Crippen LogP contribution is -2.39. The van der Waals surface area contributed by atoms with E-state index in [1.807, 2.05) is 0 Å². The van der Waals surface area contributed by atoms with Crippen LogP contribution in [0.1, 0.15) is 56.8 Å². The van der Waals surface area contributed by atoms with Crippen molar-refractivity contribution in [2.45, 2.75) is 52.5 Å². The van der Waals surface area contributed by atoms with Crippen molar-refractivity contribution in [3.63, 3.8) is 0 Å². The van der Waals surface area contributed by atoms with Crippen molar-refractivity contribution in [2.24, 2.45) is 10.8 Å². The smallest absolute Gasteiger partial charge is 0.251 e. The number of nitrogens with one attached hydrogen (secondary N) is 1. The fourth-order valence-electron chi connectivity index (χ4n) is 3.75. The second-order valence-corrected chi connectivity index (χ2v) is 9.34. The first kappa shape index (κ1) is 18.7. The molecule has 5 heteroatoms. The normalized spacial score (nSPS) is 22.8. The van der Waals surface area contributed by atoms with E-state index < -0.39 is 5.82 Å². The molecule has 0 aromatic heterocycles. The first-order valence-electron chi connectivity index (χ1n) is 9.16. The van der Waals surface area contributed by atoms with Crippen LogP contribution in [0.4, 0.5) is 4.39 Å². The molecule has 1 aliphatic heterocycles. The number of rotatable bonds is 4. The maximum atomic E-state index is 13.4. The Morgan fingerprint density at radius 2 is 2.00 bits per heavy atom. The van der Waals surface area contributed by atoms with E-state index in [0.29, 0.717) is 11.0 Å². The van der Waals surface area contributed by atoms with E-state index in [2.05, 4.69) is 31.0 Å². The summed E-state index contributed by atoms with van der Waals surface area (Å²) in [4.78, 5) is 14.9. The summed E-state index contributed by atoms with van der Waals surface area (Å²) in [6.45, 7) is 10.2. The van der Waals surface area contributed by atoms with Crippen LogP contribution in [-0.4, -0.2) is 36.5 Å². The number of benzene rings is 1. The van der Waals surface area contributed by atoms with Crippen molar-refractivity contribution in [1.82, 2.24) is 10.2 Å². The average Bonchev–Trinajstić information content (AvgIpc) is 3.16. The van der Waals surface area contributed by atoms with Crippen LogP contribution >= 0.6 is 11.6 Å². The van der Waals surface area contributed by atoms with Crippen molar-refractivity contribution in [3.8, 4) is 0 Å². The van der Waals surface area contributed by atoms with E-state index in [1.54, 1.807) is 0 Å². The molecule has 2 fully saturated rings. The van der Waals surface area contributed by atoms with Crippen LogP contribution in [0.3, 0.4) is 0 Å². The summed E-state index contributed by atoms with van der Waals surface area (Å²) in [6, 6.07) is 4.19. The molecule has 1 saturated heterocycles. The van der Waals surface area contributed by atoms with E-state index in [1.165, 1.54) is 24.6 Å². The summed E-state index contributed by atoms with van der Waals surface area (Å²) >= 11 is 5.84. The molecule has 1 N–H and O–H groups in total. The molecule has 0 radical (unpaired) electrons. The number of carbonyl (C=O) groups is 1. The summed E-state index contributed by atoms with van der Waals surface area (Å²) in [5, 5.41) is 3.33. The molecule has 1 heterocycles. The Balaban J connectivity index is 1.49. The monoisotopic (exact) mass is 366 g/mol. The predicted octanol–water partition coefficient (Wildman–Crippen LogP) is 4.50. The highest BCUT2D eigenvalue weighted by Crippen LogP contribution is 2.54. The van der Waals surface area contributed by atoms with Crippen LogP contribution in [0, 0.1) is 16.6 Å². The standard InChI is InChI=1S/C20H28ClFN2O/c1-19(2,3)4-7-24-8-5-20(6-9-24)13-17(20)23-18(25)14-10-15(21)12-16(22)11-14/h10-12,17H,4-9,13H2,1-3H3,(H,23,25)/t17-/m0/s1. The molecule has 138 valence electrons. The first-order chi connectivity index (χ1) is 11.7. The lowest BCUT2D eigenvalue weighted by molar-refractivity contribution is 0.0932. The Morgan fingerprint density at radius 1 is 1.32 bits per heavy atom. The molecule has 2 aliphatic rings. The van der Waals surface area contributed by atoms with Gasteiger partial charge >= 0.3 is 0 Å². The highest BCUT2D eigenvalue weighted by atomic mass is 35.5. The zero-order valence-electron chi connectivity index (χ0n) is 15.4. The van der Waals surface area contributed by atoms with Gasteiger partial charge in [0, 0.05) is 16.6 Å². The van der Waals surface area contributed by atoms with Gasteiger partial charge < -0.3 is 10.2 Å². The number of piperidine rings is 1. The molecule has 1 spiro atoms. The third-order valence-electron chi connectivity index (χ3n) is 5.65. The van der Waals surface area contributed by atoms with Gasteiger partial charge in [0.05, 0.1) is 0 Å². The maximum absolute atomic E-state index is 13.4. The SMILES string of the molecule is CC(C)(C)CCN1CCC2(CC1)C[C@@H]2NC(=O)c1cc(F)cc(Cl)c1. The zero-order valence-corrected chi connectivity index (χ0v) is 16.1. The molecule has 1 aromatic carbocycles. The summed E-state index contributed by atoms with van der Waals surface area (Å²) in [7, 11) is 0. The molecule has 1 amide bonds. The second kappa shape index (κ2) is 6.88. The topological polar surface area (TPSA) is 32.3 Å². The number of nitrogens with zero attached hydrogens (tertiary/aromatic N) is 1. The third kappa shape index (κ3) is 4.73. The van der Waals surface area contributed by atoms with Crippen LogP contribution < -0.4 is 5.32 Å². The first-order valence-corrected chi connectivity index (χ1v) is 9.54. The molecule has 0 unspecified atom stereocenters. The molecule has 0 bridgehead atoms. The zero-order chi connectivity index (χ0) is 18.2. The Morgan fingerprint density at radius 3 is 2.60 bits per heavy atom. The predicted molar refractivity (Wildman–Crippen MR) is 99.5 cm³/mol. The number of amides is 1. The van der Waals surface area contributed by atoms with Gasteiger partial charge in [0.1, 0.15) is 5.82 Å². The molecule has 1 atom stereocenters. The van der Waals surface area contributed by atoms with E-state index in [0.717, 1.165) is 38.9 Å². The highest BCUT2D eigenvalue weighted by Gasteiger charge is 2.55. The van der Waals surface area contributed by atoms with Gasteiger partial charge in [-0.05, 0) is 74.3 Å². The van der Waals surface area contributed by atoms with Gasteiger partial charge in [-0.2, -0.15) is 0 Å². The molecule has 1 aromatic rings. The van der Waals surface area contributed by atoms with Crippen molar-refractivity contribution < 1.29 is 9.18 Å². The maximum Gasteiger partial charge on any atom is 0.251 e. The number of halogens is 2. The van der Waals surface area contributed by atoms with Gasteiger partial charge in [-0.15, -0.1) is 0 Å². The van der Waals surface area contributed by atoms with Crippen molar-refractivity contribution in [3.05, 3.63) is 34.6 Å². The number of carbonyl (C=O) groups excluding carboxylic acids is 1. The fraction of sp³-hybridized carbons (Fsp3) is 0.650. The highest BCUT2D eigenvalue weighted by molar-refractivity contribution is 6.31. The van der Waals surface area contributed by atoms with Crippen LogP contribution in [0.2, 0.25) is 5.02 Å². The molecule has 3 rings (SSSR count). The van der Waals surface area contributed by atoms with Crippen LogP contribution in [0.25, 0.3) is 0 Å². The molecule has 1 aliphatic carbocycles. The number of likely N-dealkylation sites (tertiary alicyclic amines) is 1. The van der Waals surface area contributed by atoms with Gasteiger partial charge in [-0.3, -0.25) is 4.79 Å². The summed E-state index contributed by atoms with van der Waals surface area (Å²) in [6.07, 6.45) is 4.51. The third-order valence-corrected chi connectivity index (χ3v) is 5.87. The minimum atomic E-state index is -0.477. The largest absolute Gasteiger partial charge is 0.349 e. The number of hydrogen-bond donors (Lipinski definition) is 1. The summed E-state index contributed by atoms with van der Waals surface area (Å²) < 4.78 is 13.4. The van der Waals surface area contributed by atoms with Gasteiger partial charge in [0.25, 0.3) is 5.91 Å². The summed E-state index contributed by atoms with van der Waals surface area (Å²) in [5.41, 5.74) is 0.928. The van der Waals surface area contributed by atoms with Crippen molar-refractivity contribution in [2.75, 3.05) is 19.6 Å². The Labute approximate surface area is 154 Å². The van der Waals surface area contributed by atoms with Gasteiger partial charge in [-0.1, -0.05) is 32.4 Å². The quantitative estimate of drug-likeness (QED) is 0.850. The van der Waals surface area contributed by atoms with Gasteiger partial charge in [0.2, 0.25) is 0 Å². The second-order valence-electron chi connectivity index (χ2n) is 8.90. The van der Waals surface area contributed by atoms with Crippen LogP contribution in [0.5, 0.6) is 0 Å². The molecule has 3 nitrogen and oxygen atoms in total. The summed E-state index contributed by atoms with van der Waals surface area (Å²) in [5.74, 6) is -0.700. The molecule has 1 saturated carbocycles. The van der Waals surface area contributed by atoms with E-state index in [-0.39, 0.29) is 22.4 Å². The van der Waals surface area contributed by atoms with E-state index in [9.17, 15) is 9.18 Å². The van der Waals surface area contributed by atoms with Crippen molar-refractivity contribution in [1.29, 1.82) is 0 Å². The van der Waals surface area contributed by atoms with Gasteiger partial charge in [-0.25, -0.2) is 4.39 Å². The van der Waals surface area contributed by atoms with Crippen molar-refractivity contribution >= 4 is 17.5 Å². The Bertz CT molecular complexity index is 627. The van der Waals surface area contributed by atoms with Gasteiger partial charge in [0.15, 0.2) is 0 Å². The average molecular weight is 367 g/mol. The van der Waals surface area contributed by atoms with E-state index in [4.69, 9.17) is 11.6 Å². The van der Waals surface area contributed by atoms with Crippen LogP contribution in [0.15, 0.2) is 18.2 Å². The lowest BCUT2D eigenvalue weighted by Gasteiger charge is -2.34. The molecular weight excluding hydrogens is 339 g/mol. The Hall–Kier alpha value is -1.13. The molecular formula is C20H28ClFN2O. The fourth-order valence-corrected chi connectivity index (χ4v) is 3.97. The minimum absolute atomic E-state index is 0.215. The Kier molecular flexibility index (Phi) is 5.13. The van der Waals surface area contributed by atoms with E-state index >= 15 is 0 Å². The molecule has 25 heavy (non-hydrogen) atoms.